The minimum Gasteiger partial charge on any atom is -0.460 e. The van der Waals surface area contributed by atoms with E-state index in [1.54, 1.807) is 6.26 Å². The Morgan fingerprint density at radius 1 is 1.26 bits per heavy atom. The fourth-order valence-electron chi connectivity index (χ4n) is 2.43. The van der Waals surface area contributed by atoms with Crippen LogP contribution in [0.1, 0.15) is 24.2 Å². The van der Waals surface area contributed by atoms with Crippen LogP contribution in [0.3, 0.4) is 0 Å². The van der Waals surface area contributed by atoms with E-state index in [4.69, 9.17) is 9.15 Å². The lowest BCUT2D eigenvalue weighted by atomic mass is 10.1. The largest absolute Gasteiger partial charge is 0.460 e. The van der Waals surface area contributed by atoms with Gasteiger partial charge in [0.25, 0.3) is 0 Å². The van der Waals surface area contributed by atoms with Gasteiger partial charge in [-0.3, -0.25) is 4.90 Å². The first-order chi connectivity index (χ1) is 11.0. The summed E-state index contributed by atoms with van der Waals surface area (Å²) in [4.78, 5) is 13.4. The van der Waals surface area contributed by atoms with Crippen LogP contribution in [0.5, 0.6) is 6.01 Å². The molecule has 0 aliphatic carbocycles. The summed E-state index contributed by atoms with van der Waals surface area (Å²) in [5, 5.41) is 0. The quantitative estimate of drug-likeness (QED) is 0.859. The van der Waals surface area contributed by atoms with Crippen LogP contribution in [0.15, 0.2) is 29.3 Å². The third-order valence-corrected chi connectivity index (χ3v) is 3.60. The van der Waals surface area contributed by atoms with Crippen molar-refractivity contribution in [3.8, 4) is 6.01 Å². The number of likely N-dealkylation sites (tertiary alicyclic amines) is 1. The van der Waals surface area contributed by atoms with Gasteiger partial charge in [-0.1, -0.05) is 0 Å². The third kappa shape index (κ3) is 4.19. The molecule has 1 fully saturated rings. The minimum absolute atomic E-state index is 0.188. The third-order valence-electron chi connectivity index (χ3n) is 3.60. The van der Waals surface area contributed by atoms with Gasteiger partial charge in [0.2, 0.25) is 0 Å². The summed E-state index contributed by atoms with van der Waals surface area (Å²) >= 11 is 0. The van der Waals surface area contributed by atoms with Gasteiger partial charge in [0, 0.05) is 25.8 Å². The first kappa shape index (κ1) is 15.7. The summed E-state index contributed by atoms with van der Waals surface area (Å²) in [6, 6.07) is 0.600. The van der Waals surface area contributed by atoms with Gasteiger partial charge in [0.15, 0.2) is 12.1 Å². The molecule has 0 aromatic carbocycles. The van der Waals surface area contributed by atoms with Crippen LogP contribution in [-0.4, -0.2) is 39.0 Å². The number of rotatable bonds is 4. The maximum absolute atomic E-state index is 12.6. The molecule has 0 saturated carbocycles. The van der Waals surface area contributed by atoms with Gasteiger partial charge in [-0.25, -0.2) is 9.97 Å². The lowest BCUT2D eigenvalue weighted by Crippen LogP contribution is -2.38. The molecule has 0 N–H and O–H groups in total. The molecule has 6 nitrogen and oxygen atoms in total. The normalized spacial score (nSPS) is 17.3. The van der Waals surface area contributed by atoms with Gasteiger partial charge in [-0.15, -0.1) is 0 Å². The molecule has 2 aromatic rings. The van der Waals surface area contributed by atoms with Crippen LogP contribution in [0.4, 0.5) is 13.2 Å². The van der Waals surface area contributed by atoms with Crippen molar-refractivity contribution >= 4 is 0 Å². The average molecular weight is 328 g/mol. The molecule has 3 heterocycles. The van der Waals surface area contributed by atoms with Gasteiger partial charge >= 0.3 is 12.2 Å². The number of hydrogen-bond acceptors (Lipinski definition) is 6. The summed E-state index contributed by atoms with van der Waals surface area (Å²) in [6.45, 7) is 2.20. The van der Waals surface area contributed by atoms with E-state index in [1.807, 2.05) is 0 Å². The van der Waals surface area contributed by atoms with E-state index >= 15 is 0 Å². The van der Waals surface area contributed by atoms with Crippen LogP contribution in [-0.2, 0) is 12.7 Å². The molecule has 0 spiro atoms. The zero-order valence-corrected chi connectivity index (χ0v) is 12.2. The molecule has 0 unspecified atom stereocenters. The molecule has 1 saturated heterocycles. The molecule has 3 rings (SSSR count). The Morgan fingerprint density at radius 2 is 2.04 bits per heavy atom. The van der Waals surface area contributed by atoms with Crippen LogP contribution >= 0.6 is 0 Å². The fourth-order valence-corrected chi connectivity index (χ4v) is 2.43. The molecule has 0 bridgehead atoms. The topological polar surface area (TPSA) is 64.3 Å². The molecule has 1 aliphatic rings. The van der Waals surface area contributed by atoms with Crippen molar-refractivity contribution in [2.75, 3.05) is 13.1 Å². The van der Waals surface area contributed by atoms with Crippen LogP contribution in [0.2, 0.25) is 0 Å². The van der Waals surface area contributed by atoms with Crippen molar-refractivity contribution in [2.24, 2.45) is 0 Å². The standard InChI is InChI=1S/C14H15F3N4O2/c15-14(16,17)12-1-4-18-13(20-12)23-11-2-5-21(6-3-11)7-10-8-22-9-19-10/h1,4,8-9,11H,2-3,5-7H2. The summed E-state index contributed by atoms with van der Waals surface area (Å²) in [6.07, 6.45) is 0.740. The number of alkyl halides is 3. The average Bonchev–Trinajstić information content (AvgIpc) is 3.02. The Bertz CT molecular complexity index is 625. The number of ether oxygens (including phenoxy) is 1. The van der Waals surface area contributed by atoms with Crippen molar-refractivity contribution in [1.82, 2.24) is 19.9 Å². The van der Waals surface area contributed by atoms with E-state index in [0.29, 0.717) is 19.4 Å². The zero-order valence-electron chi connectivity index (χ0n) is 12.2. The Kier molecular flexibility index (Phi) is 4.46. The van der Waals surface area contributed by atoms with E-state index < -0.39 is 11.9 Å². The fraction of sp³-hybridized carbons (Fsp3) is 0.500. The highest BCUT2D eigenvalue weighted by Crippen LogP contribution is 2.28. The molecule has 0 atom stereocenters. The maximum Gasteiger partial charge on any atom is 0.433 e. The molecular formula is C14H15F3N4O2. The van der Waals surface area contributed by atoms with E-state index in [9.17, 15) is 13.2 Å². The highest BCUT2D eigenvalue weighted by molar-refractivity contribution is 5.09. The van der Waals surface area contributed by atoms with E-state index in [2.05, 4.69) is 19.9 Å². The lowest BCUT2D eigenvalue weighted by molar-refractivity contribution is -0.141. The summed E-state index contributed by atoms with van der Waals surface area (Å²) in [7, 11) is 0. The van der Waals surface area contributed by atoms with Crippen LogP contribution in [0.25, 0.3) is 0 Å². The summed E-state index contributed by atoms with van der Waals surface area (Å²) in [5.41, 5.74) is -0.142. The highest BCUT2D eigenvalue weighted by atomic mass is 19.4. The second-order valence-corrected chi connectivity index (χ2v) is 5.30. The number of hydrogen-bond donors (Lipinski definition) is 0. The summed E-state index contributed by atoms with van der Waals surface area (Å²) in [5.74, 6) is 0. The summed E-state index contributed by atoms with van der Waals surface area (Å²) < 4.78 is 48.3. The molecule has 0 radical (unpaired) electrons. The second kappa shape index (κ2) is 6.53. The highest BCUT2D eigenvalue weighted by Gasteiger charge is 2.33. The predicted molar refractivity (Wildman–Crippen MR) is 72.5 cm³/mol. The first-order valence-corrected chi connectivity index (χ1v) is 7.17. The maximum atomic E-state index is 12.6. The number of nitrogens with zero attached hydrogens (tertiary/aromatic N) is 4. The van der Waals surface area contributed by atoms with Crippen molar-refractivity contribution in [1.29, 1.82) is 0 Å². The van der Waals surface area contributed by atoms with Crippen molar-refractivity contribution < 1.29 is 22.3 Å². The number of halogens is 3. The smallest absolute Gasteiger partial charge is 0.433 e. The molecular weight excluding hydrogens is 313 g/mol. The number of piperidine rings is 1. The van der Waals surface area contributed by atoms with Gasteiger partial charge < -0.3 is 9.15 Å². The van der Waals surface area contributed by atoms with E-state index in [-0.39, 0.29) is 12.1 Å². The Morgan fingerprint density at radius 3 is 2.70 bits per heavy atom. The van der Waals surface area contributed by atoms with E-state index in [0.717, 1.165) is 31.0 Å². The molecule has 23 heavy (non-hydrogen) atoms. The SMILES string of the molecule is FC(F)(F)c1ccnc(OC2CCN(Cc3cocn3)CC2)n1. The lowest BCUT2D eigenvalue weighted by Gasteiger charge is -2.30. The van der Waals surface area contributed by atoms with Crippen molar-refractivity contribution in [3.05, 3.63) is 36.3 Å². The predicted octanol–water partition coefficient (Wildman–Crippen LogP) is 2.53. The van der Waals surface area contributed by atoms with Gasteiger partial charge in [0.05, 0.1) is 5.69 Å². The molecule has 2 aromatic heterocycles. The molecule has 0 amide bonds. The molecule has 9 heteroatoms. The van der Waals surface area contributed by atoms with Crippen LogP contribution in [0, 0.1) is 0 Å². The monoisotopic (exact) mass is 328 g/mol. The van der Waals surface area contributed by atoms with Gasteiger partial charge in [0.1, 0.15) is 12.4 Å². The Balaban J connectivity index is 1.52. The van der Waals surface area contributed by atoms with Crippen molar-refractivity contribution in [2.45, 2.75) is 31.7 Å². The van der Waals surface area contributed by atoms with Gasteiger partial charge in [-0.2, -0.15) is 18.2 Å². The minimum atomic E-state index is -4.50. The first-order valence-electron chi connectivity index (χ1n) is 7.17. The molecule has 1 aliphatic heterocycles. The van der Waals surface area contributed by atoms with E-state index in [1.165, 1.54) is 6.39 Å². The van der Waals surface area contributed by atoms with Crippen molar-refractivity contribution in [3.63, 3.8) is 0 Å². The number of oxazole rings is 1. The Labute approximate surface area is 130 Å². The second-order valence-electron chi connectivity index (χ2n) is 5.30. The van der Waals surface area contributed by atoms with Crippen LogP contribution < -0.4 is 4.74 Å². The molecule has 124 valence electrons. The number of aromatic nitrogens is 3. The zero-order chi connectivity index (χ0) is 16.3. The van der Waals surface area contributed by atoms with Gasteiger partial charge in [-0.05, 0) is 18.9 Å². The Hall–Kier alpha value is -2.16.